The maximum atomic E-state index is 12.6. The first-order valence-corrected chi connectivity index (χ1v) is 9.02. The van der Waals surface area contributed by atoms with E-state index in [0.29, 0.717) is 19.4 Å². The van der Waals surface area contributed by atoms with Crippen LogP contribution in [0.1, 0.15) is 30.7 Å². The summed E-state index contributed by atoms with van der Waals surface area (Å²) in [6, 6.07) is 8.90. The zero-order valence-corrected chi connectivity index (χ0v) is 14.9. The van der Waals surface area contributed by atoms with Crippen molar-refractivity contribution in [1.29, 1.82) is 0 Å². The van der Waals surface area contributed by atoms with Crippen LogP contribution in [0, 0.1) is 5.92 Å². The van der Waals surface area contributed by atoms with Crippen molar-refractivity contribution in [3.8, 4) is 0 Å². The van der Waals surface area contributed by atoms with E-state index in [-0.39, 0.29) is 36.1 Å². The van der Waals surface area contributed by atoms with Gasteiger partial charge in [0.15, 0.2) is 0 Å². The lowest BCUT2D eigenvalue weighted by molar-refractivity contribution is -0.146. The molecule has 0 radical (unpaired) electrons. The fourth-order valence-electron chi connectivity index (χ4n) is 3.70. The van der Waals surface area contributed by atoms with Gasteiger partial charge < -0.3 is 20.7 Å². The molecule has 0 spiro atoms. The summed E-state index contributed by atoms with van der Waals surface area (Å²) >= 11 is 0. The molecule has 2 aliphatic heterocycles. The number of nitrogens with one attached hydrogen (secondary N) is 3. The Kier molecular flexibility index (Phi) is 5.88. The molecule has 140 valence electrons. The summed E-state index contributed by atoms with van der Waals surface area (Å²) in [5.74, 6) is -0.818. The average molecular weight is 359 g/mol. The van der Waals surface area contributed by atoms with Crippen LogP contribution < -0.4 is 16.0 Å². The number of hydrogen-bond acceptors (Lipinski definition) is 5. The normalized spacial score (nSPS) is 26.2. The Morgan fingerprint density at radius 1 is 1.31 bits per heavy atom. The van der Waals surface area contributed by atoms with Crippen LogP contribution >= 0.6 is 0 Å². The number of amides is 2. The van der Waals surface area contributed by atoms with Crippen molar-refractivity contribution in [2.24, 2.45) is 5.92 Å². The van der Waals surface area contributed by atoms with Crippen LogP contribution in [0.3, 0.4) is 0 Å². The summed E-state index contributed by atoms with van der Waals surface area (Å²) in [5, 5.41) is 8.75. The molecule has 2 aliphatic rings. The number of hydrogen-bond donors (Lipinski definition) is 3. The van der Waals surface area contributed by atoms with E-state index >= 15 is 0 Å². The first-order chi connectivity index (χ1) is 12.6. The number of carbonyl (C=O) groups is 3. The van der Waals surface area contributed by atoms with Crippen LogP contribution in [0.15, 0.2) is 30.3 Å². The predicted octanol–water partition coefficient (Wildman–Crippen LogP) is 0.316. The molecule has 2 heterocycles. The van der Waals surface area contributed by atoms with Crippen molar-refractivity contribution < 1.29 is 19.1 Å². The van der Waals surface area contributed by atoms with Crippen LogP contribution in [0.5, 0.6) is 0 Å². The molecule has 1 aromatic rings. The maximum Gasteiger partial charge on any atom is 0.328 e. The molecule has 0 aromatic heterocycles. The van der Waals surface area contributed by atoms with Gasteiger partial charge in [-0.15, -0.1) is 0 Å². The zero-order valence-electron chi connectivity index (χ0n) is 14.9. The van der Waals surface area contributed by atoms with Crippen LogP contribution in [0.2, 0.25) is 0 Å². The Morgan fingerprint density at radius 2 is 2.08 bits per heavy atom. The molecule has 7 nitrogen and oxygen atoms in total. The van der Waals surface area contributed by atoms with Gasteiger partial charge >= 0.3 is 5.97 Å². The molecule has 2 fully saturated rings. The van der Waals surface area contributed by atoms with Crippen molar-refractivity contribution >= 4 is 17.8 Å². The molecule has 0 bridgehead atoms. The highest BCUT2D eigenvalue weighted by Gasteiger charge is 2.35. The summed E-state index contributed by atoms with van der Waals surface area (Å²) in [7, 11) is 1.29. The van der Waals surface area contributed by atoms with Crippen LogP contribution in [0.4, 0.5) is 0 Å². The minimum absolute atomic E-state index is 0.0729. The highest BCUT2D eigenvalue weighted by molar-refractivity contribution is 5.88. The molecule has 4 atom stereocenters. The van der Waals surface area contributed by atoms with E-state index in [0.717, 1.165) is 6.54 Å². The third-order valence-electron chi connectivity index (χ3n) is 5.20. The number of ether oxygens (including phenoxy) is 1. The molecule has 2 amide bonds. The second kappa shape index (κ2) is 8.31. The van der Waals surface area contributed by atoms with Crippen molar-refractivity contribution in [3.63, 3.8) is 0 Å². The fraction of sp³-hybridized carbons (Fsp3) is 0.526. The van der Waals surface area contributed by atoms with Gasteiger partial charge in [-0.3, -0.25) is 9.59 Å². The van der Waals surface area contributed by atoms with Gasteiger partial charge in [0.25, 0.3) is 0 Å². The quantitative estimate of drug-likeness (QED) is 0.636. The third kappa shape index (κ3) is 4.22. The Bertz CT molecular complexity index is 664. The van der Waals surface area contributed by atoms with E-state index in [1.54, 1.807) is 0 Å². The second-order valence-corrected chi connectivity index (χ2v) is 6.90. The molecule has 2 saturated heterocycles. The van der Waals surface area contributed by atoms with Gasteiger partial charge in [-0.1, -0.05) is 30.3 Å². The summed E-state index contributed by atoms with van der Waals surface area (Å²) in [6.45, 7) is 1.32. The maximum absolute atomic E-state index is 12.6. The van der Waals surface area contributed by atoms with Crippen molar-refractivity contribution in [2.45, 2.75) is 37.3 Å². The SMILES string of the molecule is COC(=O)C(CC1CCNC1=O)NC(=O)[C@@H]1C[C@@H](c2ccccc2)CN1. The lowest BCUT2D eigenvalue weighted by Crippen LogP contribution is -2.49. The van der Waals surface area contributed by atoms with Gasteiger partial charge in [0.2, 0.25) is 11.8 Å². The lowest BCUT2D eigenvalue weighted by Gasteiger charge is -2.21. The van der Waals surface area contributed by atoms with Gasteiger partial charge in [-0.05, 0) is 30.7 Å². The highest BCUT2D eigenvalue weighted by atomic mass is 16.5. The van der Waals surface area contributed by atoms with Crippen molar-refractivity contribution in [2.75, 3.05) is 20.2 Å². The standard InChI is InChI=1S/C19H25N3O4/c1-26-19(25)16(9-13-7-8-20-17(13)23)22-18(24)15-10-14(11-21-15)12-5-3-2-4-6-12/h2-6,13-16,21H,7-11H2,1H3,(H,20,23)(H,22,24)/t13?,14-,15+,16?/m1/s1. The summed E-state index contributed by atoms with van der Waals surface area (Å²) in [6.07, 6.45) is 1.60. The van der Waals surface area contributed by atoms with Gasteiger partial charge in [0, 0.05) is 19.0 Å². The first-order valence-electron chi connectivity index (χ1n) is 9.02. The topological polar surface area (TPSA) is 96.5 Å². The highest BCUT2D eigenvalue weighted by Crippen LogP contribution is 2.26. The van der Waals surface area contributed by atoms with Gasteiger partial charge in [0.05, 0.1) is 13.2 Å². The number of esters is 1. The van der Waals surface area contributed by atoms with E-state index in [4.69, 9.17) is 4.74 Å². The van der Waals surface area contributed by atoms with Gasteiger partial charge in [0.1, 0.15) is 6.04 Å². The summed E-state index contributed by atoms with van der Waals surface area (Å²) in [4.78, 5) is 36.5. The molecule has 26 heavy (non-hydrogen) atoms. The number of rotatable bonds is 6. The van der Waals surface area contributed by atoms with E-state index in [2.05, 4.69) is 28.1 Å². The molecular formula is C19H25N3O4. The Morgan fingerprint density at radius 3 is 2.73 bits per heavy atom. The largest absolute Gasteiger partial charge is 0.467 e. The minimum Gasteiger partial charge on any atom is -0.467 e. The fourth-order valence-corrected chi connectivity index (χ4v) is 3.70. The molecular weight excluding hydrogens is 334 g/mol. The Hall–Kier alpha value is -2.41. The monoisotopic (exact) mass is 359 g/mol. The molecule has 3 rings (SSSR count). The second-order valence-electron chi connectivity index (χ2n) is 6.90. The average Bonchev–Trinajstić information content (AvgIpc) is 3.31. The number of methoxy groups -OCH3 is 1. The van der Waals surface area contributed by atoms with Crippen molar-refractivity contribution in [3.05, 3.63) is 35.9 Å². The van der Waals surface area contributed by atoms with E-state index in [1.165, 1.54) is 12.7 Å². The lowest BCUT2D eigenvalue weighted by atomic mass is 9.95. The smallest absolute Gasteiger partial charge is 0.328 e. The molecule has 0 aliphatic carbocycles. The predicted molar refractivity (Wildman–Crippen MR) is 95.3 cm³/mol. The molecule has 1 aromatic carbocycles. The van der Waals surface area contributed by atoms with Crippen LogP contribution in [-0.2, 0) is 19.1 Å². The minimum atomic E-state index is -0.807. The van der Waals surface area contributed by atoms with E-state index < -0.39 is 12.0 Å². The van der Waals surface area contributed by atoms with Gasteiger partial charge in [-0.25, -0.2) is 4.79 Å². The van der Waals surface area contributed by atoms with E-state index in [1.807, 2.05) is 18.2 Å². The molecule has 2 unspecified atom stereocenters. The number of benzene rings is 1. The first kappa shape index (κ1) is 18.4. The molecule has 7 heteroatoms. The van der Waals surface area contributed by atoms with Gasteiger partial charge in [-0.2, -0.15) is 0 Å². The Balaban J connectivity index is 1.59. The summed E-state index contributed by atoms with van der Waals surface area (Å²) < 4.78 is 4.81. The van der Waals surface area contributed by atoms with E-state index in [9.17, 15) is 14.4 Å². The third-order valence-corrected chi connectivity index (χ3v) is 5.20. The summed E-state index contributed by atoms with van der Waals surface area (Å²) in [5.41, 5.74) is 1.20. The van der Waals surface area contributed by atoms with Crippen LogP contribution in [-0.4, -0.2) is 50.1 Å². The molecule has 0 saturated carbocycles. The molecule has 3 N–H and O–H groups in total. The number of carbonyl (C=O) groups excluding carboxylic acids is 3. The van der Waals surface area contributed by atoms with Crippen LogP contribution in [0.25, 0.3) is 0 Å². The Labute approximate surface area is 152 Å². The zero-order chi connectivity index (χ0) is 18.5. The van der Waals surface area contributed by atoms with Crippen molar-refractivity contribution in [1.82, 2.24) is 16.0 Å².